The highest BCUT2D eigenvalue weighted by Gasteiger charge is 2.20. The molecule has 0 radical (unpaired) electrons. The van der Waals surface area contributed by atoms with Gasteiger partial charge >= 0.3 is 6.09 Å². The lowest BCUT2D eigenvalue weighted by atomic mass is 10.4. The summed E-state index contributed by atoms with van der Waals surface area (Å²) in [5.41, 5.74) is 0. The van der Waals surface area contributed by atoms with Crippen molar-refractivity contribution in [3.8, 4) is 0 Å². The van der Waals surface area contributed by atoms with Gasteiger partial charge in [0.25, 0.3) is 0 Å². The molecular weight excluding hydrogens is 304 g/mol. The maximum Gasteiger partial charge on any atom is 0.409 e. The Morgan fingerprint density at radius 3 is 3.18 bits per heavy atom. The van der Waals surface area contributed by atoms with Gasteiger partial charge in [0, 0.05) is 23.0 Å². The van der Waals surface area contributed by atoms with Crippen LogP contribution in [0.3, 0.4) is 0 Å². The Balaban J connectivity index is 1.70. The van der Waals surface area contributed by atoms with E-state index in [0.717, 1.165) is 34.8 Å². The number of hydrogen-bond donors (Lipinski definition) is 0. The monoisotopic (exact) mass is 316 g/mol. The predicted octanol–water partition coefficient (Wildman–Crippen LogP) is 2.78. The molecule has 17 heavy (non-hydrogen) atoms. The Kier molecular flexibility index (Phi) is 4.67. The second-order valence-corrected chi connectivity index (χ2v) is 5.53. The number of carbonyl (C=O) groups is 1. The SMILES string of the molecule is O=C1OCCN1CCCSc1ncccc1Br. The zero-order chi connectivity index (χ0) is 12.1. The van der Waals surface area contributed by atoms with Gasteiger partial charge in [-0.3, -0.25) is 0 Å². The van der Waals surface area contributed by atoms with Crippen LogP contribution in [0, 0.1) is 0 Å². The van der Waals surface area contributed by atoms with Crippen molar-refractivity contribution in [3.63, 3.8) is 0 Å². The van der Waals surface area contributed by atoms with Crippen molar-refractivity contribution in [2.45, 2.75) is 11.4 Å². The molecule has 1 aromatic rings. The maximum absolute atomic E-state index is 11.2. The summed E-state index contributed by atoms with van der Waals surface area (Å²) < 4.78 is 5.88. The van der Waals surface area contributed by atoms with E-state index in [-0.39, 0.29) is 6.09 Å². The molecule has 1 aliphatic rings. The van der Waals surface area contributed by atoms with Gasteiger partial charge in [-0.15, -0.1) is 11.8 Å². The molecule has 0 spiro atoms. The van der Waals surface area contributed by atoms with Gasteiger partial charge in [-0.2, -0.15) is 0 Å². The van der Waals surface area contributed by atoms with E-state index in [9.17, 15) is 4.79 Å². The molecule has 1 aliphatic heterocycles. The van der Waals surface area contributed by atoms with Crippen molar-refractivity contribution in [3.05, 3.63) is 22.8 Å². The quantitative estimate of drug-likeness (QED) is 0.619. The second-order valence-electron chi connectivity index (χ2n) is 3.59. The van der Waals surface area contributed by atoms with Crippen LogP contribution in [0.15, 0.2) is 27.8 Å². The molecule has 0 bridgehead atoms. The van der Waals surface area contributed by atoms with E-state index >= 15 is 0 Å². The summed E-state index contributed by atoms with van der Waals surface area (Å²) in [5.74, 6) is 0.944. The summed E-state index contributed by atoms with van der Waals surface area (Å²) >= 11 is 5.15. The number of carbonyl (C=O) groups excluding carboxylic acids is 1. The number of thioether (sulfide) groups is 1. The van der Waals surface area contributed by atoms with Gasteiger partial charge < -0.3 is 9.64 Å². The number of ether oxygens (including phenoxy) is 1. The molecule has 0 N–H and O–H groups in total. The topological polar surface area (TPSA) is 42.4 Å². The first kappa shape index (κ1) is 12.7. The summed E-state index contributed by atoms with van der Waals surface area (Å²) in [6, 6.07) is 3.88. The second kappa shape index (κ2) is 6.26. The van der Waals surface area contributed by atoms with Crippen molar-refractivity contribution in [1.82, 2.24) is 9.88 Å². The molecule has 0 aromatic carbocycles. The van der Waals surface area contributed by atoms with Crippen molar-refractivity contribution in [2.75, 3.05) is 25.4 Å². The van der Waals surface area contributed by atoms with Crippen molar-refractivity contribution in [1.29, 1.82) is 0 Å². The molecule has 2 rings (SSSR count). The van der Waals surface area contributed by atoms with Crippen molar-refractivity contribution < 1.29 is 9.53 Å². The summed E-state index contributed by atoms with van der Waals surface area (Å²) in [4.78, 5) is 17.2. The highest BCUT2D eigenvalue weighted by atomic mass is 79.9. The predicted molar refractivity (Wildman–Crippen MR) is 70.2 cm³/mol. The Morgan fingerprint density at radius 2 is 2.47 bits per heavy atom. The molecule has 0 saturated carbocycles. The van der Waals surface area contributed by atoms with E-state index in [2.05, 4.69) is 20.9 Å². The fourth-order valence-electron chi connectivity index (χ4n) is 1.53. The summed E-state index contributed by atoms with van der Waals surface area (Å²) in [5, 5.41) is 0.997. The largest absolute Gasteiger partial charge is 0.448 e. The van der Waals surface area contributed by atoms with Gasteiger partial charge in [0.2, 0.25) is 0 Å². The molecule has 92 valence electrons. The number of cyclic esters (lactones) is 1. The van der Waals surface area contributed by atoms with Crippen LogP contribution in [0.1, 0.15) is 6.42 Å². The Morgan fingerprint density at radius 1 is 1.59 bits per heavy atom. The minimum absolute atomic E-state index is 0.186. The minimum atomic E-state index is -0.186. The summed E-state index contributed by atoms with van der Waals surface area (Å²) in [6.07, 6.45) is 2.54. The molecule has 1 fully saturated rings. The zero-order valence-electron chi connectivity index (χ0n) is 9.26. The fourth-order valence-corrected chi connectivity index (χ4v) is 2.94. The highest BCUT2D eigenvalue weighted by molar-refractivity contribution is 9.10. The smallest absolute Gasteiger partial charge is 0.409 e. The molecule has 0 atom stereocenters. The number of pyridine rings is 1. The summed E-state index contributed by atoms with van der Waals surface area (Å²) in [6.45, 7) is 2.00. The third-order valence-corrected chi connectivity index (χ3v) is 4.37. The lowest BCUT2D eigenvalue weighted by Gasteiger charge is -2.11. The number of nitrogens with zero attached hydrogens (tertiary/aromatic N) is 2. The van der Waals surface area contributed by atoms with Crippen LogP contribution in [0.25, 0.3) is 0 Å². The van der Waals surface area contributed by atoms with Crippen LogP contribution in [-0.2, 0) is 4.74 Å². The first-order valence-electron chi connectivity index (χ1n) is 5.42. The number of amides is 1. The Labute approximate surface area is 113 Å². The van der Waals surface area contributed by atoms with Crippen LogP contribution < -0.4 is 0 Å². The van der Waals surface area contributed by atoms with E-state index in [1.165, 1.54) is 0 Å². The van der Waals surface area contributed by atoms with Gasteiger partial charge in [-0.05, 0) is 34.5 Å². The number of hydrogen-bond acceptors (Lipinski definition) is 4. The van der Waals surface area contributed by atoms with E-state index in [1.54, 1.807) is 22.9 Å². The van der Waals surface area contributed by atoms with Crippen LogP contribution >= 0.6 is 27.7 Å². The molecule has 0 aliphatic carbocycles. The molecule has 2 heterocycles. The van der Waals surface area contributed by atoms with Crippen LogP contribution in [0.4, 0.5) is 4.79 Å². The molecular formula is C11H13BrN2O2S. The van der Waals surface area contributed by atoms with Crippen molar-refractivity contribution in [2.24, 2.45) is 0 Å². The van der Waals surface area contributed by atoms with Gasteiger partial charge in [0.05, 0.1) is 6.54 Å². The zero-order valence-corrected chi connectivity index (χ0v) is 11.7. The molecule has 6 heteroatoms. The molecule has 0 unspecified atom stereocenters. The van der Waals surface area contributed by atoms with Gasteiger partial charge in [0.15, 0.2) is 0 Å². The first-order valence-corrected chi connectivity index (χ1v) is 7.20. The number of aromatic nitrogens is 1. The van der Waals surface area contributed by atoms with E-state index < -0.39 is 0 Å². The van der Waals surface area contributed by atoms with E-state index in [0.29, 0.717) is 6.61 Å². The maximum atomic E-state index is 11.2. The van der Waals surface area contributed by atoms with E-state index in [4.69, 9.17) is 4.74 Å². The number of halogens is 1. The fraction of sp³-hybridized carbons (Fsp3) is 0.455. The van der Waals surface area contributed by atoms with Gasteiger partial charge in [0.1, 0.15) is 11.6 Å². The average molecular weight is 317 g/mol. The van der Waals surface area contributed by atoms with Crippen molar-refractivity contribution >= 4 is 33.8 Å². The standard InChI is InChI=1S/C11H13BrN2O2S/c12-9-3-1-4-13-10(9)17-8-2-5-14-6-7-16-11(14)15/h1,3-4H,2,5-8H2. The third kappa shape index (κ3) is 3.61. The average Bonchev–Trinajstić information content (AvgIpc) is 2.73. The van der Waals surface area contributed by atoms with Crippen LogP contribution in [-0.4, -0.2) is 41.4 Å². The van der Waals surface area contributed by atoms with Crippen LogP contribution in [0.2, 0.25) is 0 Å². The third-order valence-electron chi connectivity index (χ3n) is 2.38. The lowest BCUT2D eigenvalue weighted by Crippen LogP contribution is -2.25. The van der Waals surface area contributed by atoms with Gasteiger partial charge in [-0.25, -0.2) is 9.78 Å². The molecule has 1 amide bonds. The van der Waals surface area contributed by atoms with Gasteiger partial charge in [-0.1, -0.05) is 0 Å². The molecule has 4 nitrogen and oxygen atoms in total. The summed E-state index contributed by atoms with van der Waals surface area (Å²) in [7, 11) is 0. The highest BCUT2D eigenvalue weighted by Crippen LogP contribution is 2.25. The molecule has 1 aromatic heterocycles. The lowest BCUT2D eigenvalue weighted by molar-refractivity contribution is 0.158. The Hall–Kier alpha value is -0.750. The Bertz CT molecular complexity index is 403. The van der Waals surface area contributed by atoms with E-state index in [1.807, 2.05) is 12.1 Å². The number of rotatable bonds is 5. The minimum Gasteiger partial charge on any atom is -0.448 e. The molecule has 1 saturated heterocycles. The van der Waals surface area contributed by atoms with Crippen LogP contribution in [0.5, 0.6) is 0 Å². The normalized spacial score (nSPS) is 15.1. The first-order chi connectivity index (χ1) is 8.27.